The standard InChI is InChI=1S/C29H35NO6/c1-22(32)36-29-11-10-26(17-27(29)19-31)28(33)18-30-13-12-23-8-5-9-25(16-23)21-35-15-14-34-20-24-6-3-2-4-7-24/h2-11,16-17,28,30-31,33H,12-15,18-21H2,1H3/t28-/m0/s1. The van der Waals surface area contributed by atoms with Crippen molar-refractivity contribution in [2.75, 3.05) is 26.3 Å². The molecule has 0 saturated carbocycles. The molecule has 3 aromatic rings. The van der Waals surface area contributed by atoms with E-state index in [4.69, 9.17) is 14.2 Å². The molecule has 0 spiro atoms. The lowest BCUT2D eigenvalue weighted by molar-refractivity contribution is -0.131. The zero-order chi connectivity index (χ0) is 25.6. The summed E-state index contributed by atoms with van der Waals surface area (Å²) in [6, 6.07) is 23.3. The van der Waals surface area contributed by atoms with E-state index in [1.54, 1.807) is 18.2 Å². The van der Waals surface area contributed by atoms with Crippen LogP contribution in [0.4, 0.5) is 0 Å². The Hall–Kier alpha value is -3.07. The summed E-state index contributed by atoms with van der Waals surface area (Å²) in [5.74, 6) is -0.152. The van der Waals surface area contributed by atoms with Crippen molar-refractivity contribution in [3.8, 4) is 5.75 Å². The molecule has 0 aromatic heterocycles. The van der Waals surface area contributed by atoms with E-state index < -0.39 is 12.1 Å². The second kappa shape index (κ2) is 15.1. The SMILES string of the molecule is CC(=O)Oc1ccc([C@@H](O)CNCCc2cccc(COCCOCc3ccccc3)c2)cc1CO. The molecule has 7 heteroatoms. The second-order valence-electron chi connectivity index (χ2n) is 8.50. The molecule has 7 nitrogen and oxygen atoms in total. The molecular weight excluding hydrogens is 458 g/mol. The molecule has 0 heterocycles. The molecule has 0 saturated heterocycles. The van der Waals surface area contributed by atoms with Crippen molar-refractivity contribution in [1.29, 1.82) is 0 Å². The topological polar surface area (TPSA) is 97.3 Å². The summed E-state index contributed by atoms with van der Waals surface area (Å²) in [6.45, 7) is 4.30. The van der Waals surface area contributed by atoms with Crippen molar-refractivity contribution in [3.63, 3.8) is 0 Å². The number of aliphatic hydroxyl groups excluding tert-OH is 2. The molecule has 3 rings (SSSR count). The lowest BCUT2D eigenvalue weighted by Crippen LogP contribution is -2.24. The minimum Gasteiger partial charge on any atom is -0.426 e. The van der Waals surface area contributed by atoms with Crippen molar-refractivity contribution in [2.45, 2.75) is 39.3 Å². The van der Waals surface area contributed by atoms with Gasteiger partial charge in [0.1, 0.15) is 5.75 Å². The summed E-state index contributed by atoms with van der Waals surface area (Å²) in [5.41, 5.74) is 4.56. The van der Waals surface area contributed by atoms with Crippen LogP contribution in [0, 0.1) is 0 Å². The van der Waals surface area contributed by atoms with Gasteiger partial charge in [0.25, 0.3) is 0 Å². The van der Waals surface area contributed by atoms with Crippen LogP contribution >= 0.6 is 0 Å². The van der Waals surface area contributed by atoms with E-state index in [2.05, 4.69) is 17.4 Å². The number of rotatable bonds is 15. The van der Waals surface area contributed by atoms with Gasteiger partial charge in [-0.3, -0.25) is 4.79 Å². The van der Waals surface area contributed by atoms with Crippen LogP contribution < -0.4 is 10.1 Å². The molecule has 192 valence electrons. The fourth-order valence-corrected chi connectivity index (χ4v) is 3.72. The third-order valence-electron chi connectivity index (χ3n) is 5.57. The van der Waals surface area contributed by atoms with Gasteiger partial charge in [-0.15, -0.1) is 0 Å². The number of nitrogens with one attached hydrogen (secondary N) is 1. The normalized spacial score (nSPS) is 11.9. The minimum absolute atomic E-state index is 0.280. The Balaban J connectivity index is 1.34. The Morgan fingerprint density at radius 1 is 0.889 bits per heavy atom. The first kappa shape index (κ1) is 27.5. The highest BCUT2D eigenvalue weighted by molar-refractivity contribution is 5.69. The Bertz CT molecular complexity index is 1070. The van der Waals surface area contributed by atoms with Gasteiger partial charge in [0.2, 0.25) is 0 Å². The summed E-state index contributed by atoms with van der Waals surface area (Å²) in [5, 5.41) is 23.3. The van der Waals surface area contributed by atoms with Gasteiger partial charge in [-0.25, -0.2) is 0 Å². The van der Waals surface area contributed by atoms with Gasteiger partial charge in [0, 0.05) is 19.0 Å². The van der Waals surface area contributed by atoms with Crippen LogP contribution in [0.2, 0.25) is 0 Å². The van der Waals surface area contributed by atoms with Crippen molar-refractivity contribution in [2.24, 2.45) is 0 Å². The number of carbonyl (C=O) groups excluding carboxylic acids is 1. The number of benzene rings is 3. The molecule has 0 aliphatic rings. The van der Waals surface area contributed by atoms with E-state index in [0.717, 1.165) is 17.5 Å². The molecule has 0 bridgehead atoms. The van der Waals surface area contributed by atoms with Crippen LogP contribution in [0.25, 0.3) is 0 Å². The van der Waals surface area contributed by atoms with Crippen LogP contribution in [0.15, 0.2) is 72.8 Å². The summed E-state index contributed by atoms with van der Waals surface area (Å²) in [7, 11) is 0. The van der Waals surface area contributed by atoms with E-state index in [9.17, 15) is 15.0 Å². The highest BCUT2D eigenvalue weighted by Crippen LogP contribution is 2.24. The molecular formula is C29H35NO6. The molecule has 0 aliphatic carbocycles. The Kier molecular flexibility index (Phi) is 11.6. The summed E-state index contributed by atoms with van der Waals surface area (Å²) >= 11 is 0. The number of hydrogen-bond donors (Lipinski definition) is 3. The van der Waals surface area contributed by atoms with Crippen molar-refractivity contribution < 1.29 is 29.2 Å². The maximum absolute atomic E-state index is 11.2. The van der Waals surface area contributed by atoms with Crippen LogP contribution in [0.5, 0.6) is 5.75 Å². The monoisotopic (exact) mass is 493 g/mol. The van der Waals surface area contributed by atoms with Crippen molar-refractivity contribution in [3.05, 3.63) is 101 Å². The fraction of sp³-hybridized carbons (Fsp3) is 0.345. The molecule has 0 unspecified atom stereocenters. The van der Waals surface area contributed by atoms with E-state index in [1.807, 2.05) is 42.5 Å². The summed E-state index contributed by atoms with van der Waals surface area (Å²) in [4.78, 5) is 11.2. The van der Waals surface area contributed by atoms with Crippen LogP contribution in [0.3, 0.4) is 0 Å². The first-order valence-corrected chi connectivity index (χ1v) is 12.1. The predicted molar refractivity (Wildman–Crippen MR) is 137 cm³/mol. The molecule has 0 radical (unpaired) electrons. The number of aliphatic hydroxyl groups is 2. The number of hydrogen-bond acceptors (Lipinski definition) is 7. The minimum atomic E-state index is -0.745. The first-order chi connectivity index (χ1) is 17.5. The Morgan fingerprint density at radius 3 is 2.31 bits per heavy atom. The smallest absolute Gasteiger partial charge is 0.308 e. The van der Waals surface area contributed by atoms with Crippen LogP contribution in [-0.2, 0) is 40.5 Å². The quantitative estimate of drug-likeness (QED) is 0.169. The number of ether oxygens (including phenoxy) is 3. The predicted octanol–water partition coefficient (Wildman–Crippen LogP) is 3.70. The highest BCUT2D eigenvalue weighted by atomic mass is 16.5. The van der Waals surface area contributed by atoms with E-state index in [0.29, 0.717) is 56.4 Å². The lowest BCUT2D eigenvalue weighted by atomic mass is 10.0. The third-order valence-corrected chi connectivity index (χ3v) is 5.57. The molecule has 1 atom stereocenters. The van der Waals surface area contributed by atoms with Crippen LogP contribution in [-0.4, -0.2) is 42.5 Å². The molecule has 3 N–H and O–H groups in total. The van der Waals surface area contributed by atoms with Gasteiger partial charge < -0.3 is 29.7 Å². The fourth-order valence-electron chi connectivity index (χ4n) is 3.72. The Morgan fingerprint density at radius 2 is 1.58 bits per heavy atom. The summed E-state index contributed by atoms with van der Waals surface area (Å²) in [6.07, 6.45) is 0.0686. The number of carbonyl (C=O) groups is 1. The van der Waals surface area contributed by atoms with E-state index in [1.165, 1.54) is 12.5 Å². The van der Waals surface area contributed by atoms with Gasteiger partial charge in [-0.05, 0) is 47.4 Å². The molecule has 0 amide bonds. The molecule has 3 aromatic carbocycles. The summed E-state index contributed by atoms with van der Waals surface area (Å²) < 4.78 is 16.5. The average molecular weight is 494 g/mol. The number of esters is 1. The van der Waals surface area contributed by atoms with Gasteiger partial charge in [-0.1, -0.05) is 60.7 Å². The molecule has 36 heavy (non-hydrogen) atoms. The van der Waals surface area contributed by atoms with Crippen molar-refractivity contribution in [1.82, 2.24) is 5.32 Å². The zero-order valence-corrected chi connectivity index (χ0v) is 20.7. The Labute approximate surface area is 212 Å². The largest absolute Gasteiger partial charge is 0.426 e. The van der Waals surface area contributed by atoms with E-state index in [-0.39, 0.29) is 6.61 Å². The van der Waals surface area contributed by atoms with Gasteiger partial charge in [-0.2, -0.15) is 0 Å². The average Bonchev–Trinajstić information content (AvgIpc) is 2.89. The van der Waals surface area contributed by atoms with E-state index >= 15 is 0 Å². The zero-order valence-electron chi connectivity index (χ0n) is 20.7. The maximum Gasteiger partial charge on any atom is 0.308 e. The second-order valence-corrected chi connectivity index (χ2v) is 8.50. The van der Waals surface area contributed by atoms with Gasteiger partial charge in [0.15, 0.2) is 0 Å². The third kappa shape index (κ3) is 9.53. The molecule has 0 fully saturated rings. The van der Waals surface area contributed by atoms with Gasteiger partial charge in [0.05, 0.1) is 39.1 Å². The van der Waals surface area contributed by atoms with Gasteiger partial charge >= 0.3 is 5.97 Å². The highest BCUT2D eigenvalue weighted by Gasteiger charge is 2.12. The lowest BCUT2D eigenvalue weighted by Gasteiger charge is -2.15. The maximum atomic E-state index is 11.2. The van der Waals surface area contributed by atoms with Crippen molar-refractivity contribution >= 4 is 5.97 Å². The first-order valence-electron chi connectivity index (χ1n) is 12.1. The molecule has 0 aliphatic heterocycles. The van der Waals surface area contributed by atoms with Crippen LogP contribution in [0.1, 0.15) is 40.8 Å².